The monoisotopic (exact) mass is 502 g/mol. The van der Waals surface area contributed by atoms with Crippen LogP contribution in [0.5, 0.6) is 0 Å². The Labute approximate surface area is 198 Å². The van der Waals surface area contributed by atoms with Crippen molar-refractivity contribution >= 4 is 27.7 Å². The standard InChI is InChI=1S/C24H31BrN4O3/c1-5-13-28(20(30)15-24(2,3)4)16-21(31)29-14-7-6-8-19(29)23-26-22(27-32-23)17-9-11-18(25)12-10-17/h5,9-12,19H,1,6-8,13-16H2,2-4H3. The zero-order valence-electron chi connectivity index (χ0n) is 19.0. The van der Waals surface area contributed by atoms with Gasteiger partial charge in [-0.1, -0.05) is 47.9 Å². The zero-order valence-corrected chi connectivity index (χ0v) is 20.6. The minimum Gasteiger partial charge on any atom is -0.337 e. The summed E-state index contributed by atoms with van der Waals surface area (Å²) < 4.78 is 6.54. The summed E-state index contributed by atoms with van der Waals surface area (Å²) in [6.45, 7) is 10.7. The molecule has 3 rings (SSSR count). The first-order valence-electron chi connectivity index (χ1n) is 11.0. The summed E-state index contributed by atoms with van der Waals surface area (Å²) in [6, 6.07) is 7.39. The van der Waals surface area contributed by atoms with Crippen molar-refractivity contribution in [2.24, 2.45) is 5.41 Å². The lowest BCUT2D eigenvalue weighted by Crippen LogP contribution is -2.46. The van der Waals surface area contributed by atoms with E-state index in [2.05, 4.69) is 32.6 Å². The number of hydrogen-bond acceptors (Lipinski definition) is 5. The van der Waals surface area contributed by atoms with Crippen LogP contribution in [0.4, 0.5) is 0 Å². The van der Waals surface area contributed by atoms with Gasteiger partial charge < -0.3 is 14.3 Å². The number of rotatable bonds is 7. The van der Waals surface area contributed by atoms with E-state index in [4.69, 9.17) is 4.52 Å². The summed E-state index contributed by atoms with van der Waals surface area (Å²) >= 11 is 3.42. The Kier molecular flexibility index (Phi) is 7.87. The molecule has 1 aromatic heterocycles. The van der Waals surface area contributed by atoms with E-state index in [1.165, 1.54) is 0 Å². The zero-order chi connectivity index (χ0) is 23.3. The van der Waals surface area contributed by atoms with Gasteiger partial charge in [0.25, 0.3) is 0 Å². The molecule has 2 heterocycles. The van der Waals surface area contributed by atoms with Crippen molar-refractivity contribution in [3.8, 4) is 11.4 Å². The highest BCUT2D eigenvalue weighted by atomic mass is 79.9. The summed E-state index contributed by atoms with van der Waals surface area (Å²) in [4.78, 5) is 34.0. The molecular formula is C24H31BrN4O3. The number of carbonyl (C=O) groups is 2. The first-order valence-corrected chi connectivity index (χ1v) is 11.7. The lowest BCUT2D eigenvalue weighted by Gasteiger charge is -2.35. The van der Waals surface area contributed by atoms with E-state index in [1.807, 2.05) is 45.0 Å². The maximum atomic E-state index is 13.3. The van der Waals surface area contributed by atoms with Crippen molar-refractivity contribution in [2.45, 2.75) is 52.5 Å². The number of aromatic nitrogens is 2. The van der Waals surface area contributed by atoms with Crippen LogP contribution in [-0.2, 0) is 9.59 Å². The molecule has 1 fully saturated rings. The highest BCUT2D eigenvalue weighted by Crippen LogP contribution is 2.31. The molecule has 0 spiro atoms. The predicted molar refractivity (Wildman–Crippen MR) is 127 cm³/mol. The number of piperidine rings is 1. The fourth-order valence-corrected chi connectivity index (χ4v) is 4.07. The van der Waals surface area contributed by atoms with Gasteiger partial charge in [-0.3, -0.25) is 9.59 Å². The maximum absolute atomic E-state index is 13.3. The normalized spacial score (nSPS) is 16.6. The number of nitrogens with zero attached hydrogens (tertiary/aromatic N) is 4. The third-order valence-corrected chi connectivity index (χ3v) is 5.89. The molecule has 1 aliphatic rings. The molecule has 0 saturated carbocycles. The molecule has 0 radical (unpaired) electrons. The van der Waals surface area contributed by atoms with Gasteiger partial charge in [0.2, 0.25) is 23.5 Å². The summed E-state index contributed by atoms with van der Waals surface area (Å²) in [5.41, 5.74) is 0.697. The molecular weight excluding hydrogens is 472 g/mol. The van der Waals surface area contributed by atoms with Crippen LogP contribution >= 0.6 is 15.9 Å². The van der Waals surface area contributed by atoms with E-state index in [-0.39, 0.29) is 29.8 Å². The smallest absolute Gasteiger partial charge is 0.249 e. The third kappa shape index (κ3) is 6.28. The largest absolute Gasteiger partial charge is 0.337 e. The highest BCUT2D eigenvalue weighted by molar-refractivity contribution is 9.10. The molecule has 1 saturated heterocycles. The summed E-state index contributed by atoms with van der Waals surface area (Å²) in [5, 5.41) is 4.13. The predicted octanol–water partition coefficient (Wildman–Crippen LogP) is 5.00. The van der Waals surface area contributed by atoms with Crippen LogP contribution < -0.4 is 0 Å². The minimum atomic E-state index is -0.281. The fraction of sp³-hybridized carbons (Fsp3) is 0.500. The number of carbonyl (C=O) groups excluding carboxylic acids is 2. The van der Waals surface area contributed by atoms with Crippen LogP contribution in [0.3, 0.4) is 0 Å². The van der Waals surface area contributed by atoms with E-state index in [9.17, 15) is 9.59 Å². The third-order valence-electron chi connectivity index (χ3n) is 5.36. The van der Waals surface area contributed by atoms with Crippen molar-refractivity contribution in [2.75, 3.05) is 19.6 Å². The molecule has 0 aliphatic carbocycles. The van der Waals surface area contributed by atoms with Gasteiger partial charge in [0.1, 0.15) is 12.6 Å². The lowest BCUT2D eigenvalue weighted by molar-refractivity contribution is -0.143. The first-order chi connectivity index (χ1) is 15.2. The molecule has 1 aromatic carbocycles. The van der Waals surface area contributed by atoms with Crippen molar-refractivity contribution in [3.05, 3.63) is 47.3 Å². The van der Waals surface area contributed by atoms with Crippen LogP contribution in [0.25, 0.3) is 11.4 Å². The van der Waals surface area contributed by atoms with Crippen molar-refractivity contribution in [1.29, 1.82) is 0 Å². The lowest BCUT2D eigenvalue weighted by atomic mass is 9.91. The van der Waals surface area contributed by atoms with Crippen LogP contribution in [0.2, 0.25) is 0 Å². The van der Waals surface area contributed by atoms with Crippen molar-refractivity contribution in [1.82, 2.24) is 19.9 Å². The second-order valence-corrected chi connectivity index (χ2v) is 10.3. The Morgan fingerprint density at radius 3 is 2.66 bits per heavy atom. The Hall–Kier alpha value is -2.48. The van der Waals surface area contributed by atoms with Gasteiger partial charge in [-0.2, -0.15) is 4.98 Å². The molecule has 0 bridgehead atoms. The van der Waals surface area contributed by atoms with E-state index in [0.717, 1.165) is 29.3 Å². The molecule has 0 N–H and O–H groups in total. The van der Waals surface area contributed by atoms with Gasteiger partial charge in [-0.05, 0) is 48.9 Å². The Bertz CT molecular complexity index is 949. The quantitative estimate of drug-likeness (QED) is 0.497. The van der Waals surface area contributed by atoms with Gasteiger partial charge in [0, 0.05) is 29.5 Å². The first kappa shape index (κ1) is 24.2. The molecule has 172 valence electrons. The second-order valence-electron chi connectivity index (χ2n) is 9.36. The Balaban J connectivity index is 1.75. The van der Waals surface area contributed by atoms with Gasteiger partial charge in [-0.15, -0.1) is 6.58 Å². The SMILES string of the molecule is C=CCN(CC(=O)N1CCCCC1c1nc(-c2ccc(Br)cc2)no1)C(=O)CC(C)(C)C. The minimum absolute atomic E-state index is 0.0190. The van der Waals surface area contributed by atoms with Crippen molar-refractivity contribution < 1.29 is 14.1 Å². The Morgan fingerprint density at radius 1 is 1.28 bits per heavy atom. The van der Waals surface area contributed by atoms with E-state index < -0.39 is 0 Å². The van der Waals surface area contributed by atoms with Crippen LogP contribution in [0.15, 0.2) is 45.9 Å². The maximum Gasteiger partial charge on any atom is 0.249 e. The van der Waals surface area contributed by atoms with Gasteiger partial charge in [-0.25, -0.2) is 0 Å². The van der Waals surface area contributed by atoms with Crippen molar-refractivity contribution in [3.63, 3.8) is 0 Å². The molecule has 2 amide bonds. The average Bonchev–Trinajstić information content (AvgIpc) is 3.23. The summed E-state index contributed by atoms with van der Waals surface area (Å²) in [6.07, 6.45) is 4.67. The summed E-state index contributed by atoms with van der Waals surface area (Å²) in [7, 11) is 0. The van der Waals surface area contributed by atoms with E-state index >= 15 is 0 Å². The van der Waals surface area contributed by atoms with Gasteiger partial charge >= 0.3 is 0 Å². The topological polar surface area (TPSA) is 79.5 Å². The molecule has 1 atom stereocenters. The highest BCUT2D eigenvalue weighted by Gasteiger charge is 2.33. The number of likely N-dealkylation sites (tertiary alicyclic amines) is 1. The molecule has 7 nitrogen and oxygen atoms in total. The fourth-order valence-electron chi connectivity index (χ4n) is 3.80. The van der Waals surface area contributed by atoms with Gasteiger partial charge in [0.05, 0.1) is 0 Å². The number of amides is 2. The van der Waals surface area contributed by atoms with E-state index in [0.29, 0.717) is 31.2 Å². The number of hydrogen-bond donors (Lipinski definition) is 0. The average molecular weight is 503 g/mol. The molecule has 1 unspecified atom stereocenters. The number of benzene rings is 1. The Morgan fingerprint density at radius 2 is 2.00 bits per heavy atom. The number of halogens is 1. The molecule has 32 heavy (non-hydrogen) atoms. The van der Waals surface area contributed by atoms with E-state index in [1.54, 1.807) is 15.9 Å². The molecule has 1 aliphatic heterocycles. The van der Waals surface area contributed by atoms with Crippen LogP contribution in [-0.4, -0.2) is 51.4 Å². The van der Waals surface area contributed by atoms with Crippen LogP contribution in [0.1, 0.15) is 58.4 Å². The summed E-state index contributed by atoms with van der Waals surface area (Å²) in [5.74, 6) is 0.781. The van der Waals surface area contributed by atoms with Gasteiger partial charge in [0.15, 0.2) is 0 Å². The molecule has 8 heteroatoms. The molecule has 2 aromatic rings. The van der Waals surface area contributed by atoms with Crippen LogP contribution in [0, 0.1) is 5.41 Å². The second kappa shape index (κ2) is 10.4.